The Morgan fingerprint density at radius 3 is 2.65 bits per heavy atom. The van der Waals surface area contributed by atoms with Crippen LogP contribution >= 0.6 is 0 Å². The minimum Gasteiger partial charge on any atom is -0.493 e. The van der Waals surface area contributed by atoms with Gasteiger partial charge in [0.1, 0.15) is 5.75 Å². The van der Waals surface area contributed by atoms with Crippen molar-refractivity contribution in [1.29, 1.82) is 0 Å². The van der Waals surface area contributed by atoms with Crippen LogP contribution in [0.1, 0.15) is 37.7 Å². The van der Waals surface area contributed by atoms with Crippen LogP contribution in [0.15, 0.2) is 30.3 Å². The predicted molar refractivity (Wildman–Crippen MR) is 78.3 cm³/mol. The van der Waals surface area contributed by atoms with Crippen molar-refractivity contribution in [2.24, 2.45) is 5.41 Å². The molecule has 0 saturated heterocycles. The molecule has 0 fully saturated rings. The molecule has 1 aromatic heterocycles. The lowest BCUT2D eigenvalue weighted by molar-refractivity contribution is 0.0690. The van der Waals surface area contributed by atoms with Gasteiger partial charge in [-0.2, -0.15) is 0 Å². The molecule has 1 N–H and O–H groups in total. The topological polar surface area (TPSA) is 59.4 Å². The lowest BCUT2D eigenvalue weighted by Crippen LogP contribution is -2.11. The van der Waals surface area contributed by atoms with Crippen molar-refractivity contribution in [1.82, 2.24) is 4.98 Å². The standard InChI is InChI=1S/C16H19NO3/c1-16(2,3)8-9-20-14-10-13(15(18)19)17-12-7-5-4-6-11(12)14/h4-7,10H,8-9H2,1-3H3,(H,18,19). The van der Waals surface area contributed by atoms with Crippen LogP contribution in [0.4, 0.5) is 0 Å². The van der Waals surface area contributed by atoms with Gasteiger partial charge in [-0.1, -0.05) is 32.9 Å². The maximum Gasteiger partial charge on any atom is 0.354 e. The lowest BCUT2D eigenvalue weighted by atomic mass is 9.93. The molecule has 0 aliphatic carbocycles. The highest BCUT2D eigenvalue weighted by Crippen LogP contribution is 2.27. The maximum atomic E-state index is 11.1. The number of fused-ring (bicyclic) bond motifs is 1. The van der Waals surface area contributed by atoms with E-state index in [-0.39, 0.29) is 11.1 Å². The quantitative estimate of drug-likeness (QED) is 0.921. The number of aromatic carboxylic acids is 1. The third-order valence-corrected chi connectivity index (χ3v) is 3.01. The number of benzene rings is 1. The first-order valence-electron chi connectivity index (χ1n) is 6.63. The molecular formula is C16H19NO3. The number of ether oxygens (including phenoxy) is 1. The molecule has 0 spiro atoms. The van der Waals surface area contributed by atoms with Gasteiger partial charge in [0.25, 0.3) is 0 Å². The summed E-state index contributed by atoms with van der Waals surface area (Å²) in [5, 5.41) is 9.94. The monoisotopic (exact) mass is 273 g/mol. The van der Waals surface area contributed by atoms with Crippen molar-refractivity contribution in [3.05, 3.63) is 36.0 Å². The van der Waals surface area contributed by atoms with E-state index >= 15 is 0 Å². The zero-order valence-corrected chi connectivity index (χ0v) is 12.0. The number of aromatic nitrogens is 1. The third kappa shape index (κ3) is 3.47. The van der Waals surface area contributed by atoms with E-state index in [1.165, 1.54) is 6.07 Å². The summed E-state index contributed by atoms with van der Waals surface area (Å²) in [4.78, 5) is 15.2. The first-order chi connectivity index (χ1) is 9.37. The summed E-state index contributed by atoms with van der Waals surface area (Å²) in [6.07, 6.45) is 0.895. The molecule has 1 aromatic carbocycles. The Bertz CT molecular complexity index is 629. The van der Waals surface area contributed by atoms with Gasteiger partial charge in [-0.25, -0.2) is 9.78 Å². The van der Waals surface area contributed by atoms with Crippen molar-refractivity contribution < 1.29 is 14.6 Å². The van der Waals surface area contributed by atoms with Crippen LogP contribution in [-0.2, 0) is 0 Å². The van der Waals surface area contributed by atoms with Crippen molar-refractivity contribution in [3.63, 3.8) is 0 Å². The second-order valence-corrected chi connectivity index (χ2v) is 5.99. The normalized spacial score (nSPS) is 11.6. The molecule has 0 aliphatic rings. The van der Waals surface area contributed by atoms with Gasteiger partial charge in [-0.05, 0) is 24.0 Å². The van der Waals surface area contributed by atoms with Crippen LogP contribution in [0.25, 0.3) is 10.9 Å². The van der Waals surface area contributed by atoms with Crippen LogP contribution in [0.2, 0.25) is 0 Å². The van der Waals surface area contributed by atoms with Crippen molar-refractivity contribution in [2.45, 2.75) is 27.2 Å². The van der Waals surface area contributed by atoms with E-state index in [1.54, 1.807) is 6.07 Å². The maximum absolute atomic E-state index is 11.1. The summed E-state index contributed by atoms with van der Waals surface area (Å²) in [7, 11) is 0. The van der Waals surface area contributed by atoms with Gasteiger partial charge in [-0.15, -0.1) is 0 Å². The Morgan fingerprint density at radius 1 is 1.30 bits per heavy atom. The average Bonchev–Trinajstić information content (AvgIpc) is 2.36. The molecule has 0 bridgehead atoms. The van der Waals surface area contributed by atoms with Crippen molar-refractivity contribution in [3.8, 4) is 5.75 Å². The molecule has 1 heterocycles. The van der Waals surface area contributed by atoms with Gasteiger partial charge in [0.2, 0.25) is 0 Å². The highest BCUT2D eigenvalue weighted by molar-refractivity contribution is 5.93. The number of carboxylic acids is 1. The van der Waals surface area contributed by atoms with Gasteiger partial charge in [0.15, 0.2) is 5.69 Å². The van der Waals surface area contributed by atoms with Gasteiger partial charge in [0.05, 0.1) is 12.1 Å². The van der Waals surface area contributed by atoms with Crippen LogP contribution < -0.4 is 4.74 Å². The number of pyridine rings is 1. The SMILES string of the molecule is CC(C)(C)CCOc1cc(C(=O)O)nc2ccccc12. The van der Waals surface area contributed by atoms with E-state index < -0.39 is 5.97 Å². The third-order valence-electron chi connectivity index (χ3n) is 3.01. The summed E-state index contributed by atoms with van der Waals surface area (Å²) in [6, 6.07) is 8.90. The highest BCUT2D eigenvalue weighted by Gasteiger charge is 2.13. The van der Waals surface area contributed by atoms with Crippen LogP contribution in [0, 0.1) is 5.41 Å². The van der Waals surface area contributed by atoms with E-state index in [0.717, 1.165) is 11.8 Å². The van der Waals surface area contributed by atoms with E-state index in [2.05, 4.69) is 25.8 Å². The number of carboxylic acid groups (broad SMARTS) is 1. The second kappa shape index (κ2) is 5.49. The summed E-state index contributed by atoms with van der Waals surface area (Å²) < 4.78 is 5.78. The van der Waals surface area contributed by atoms with Crippen molar-refractivity contribution >= 4 is 16.9 Å². The fourth-order valence-corrected chi connectivity index (χ4v) is 1.84. The molecule has 4 heteroatoms. The first kappa shape index (κ1) is 14.3. The number of nitrogens with zero attached hydrogens (tertiary/aromatic N) is 1. The predicted octanol–water partition coefficient (Wildman–Crippen LogP) is 3.75. The molecule has 0 unspecified atom stereocenters. The molecule has 106 valence electrons. The molecule has 0 amide bonds. The minimum atomic E-state index is -1.04. The largest absolute Gasteiger partial charge is 0.493 e. The lowest BCUT2D eigenvalue weighted by Gasteiger charge is -2.18. The molecular weight excluding hydrogens is 254 g/mol. The molecule has 0 aliphatic heterocycles. The van der Waals surface area contributed by atoms with E-state index in [4.69, 9.17) is 9.84 Å². The minimum absolute atomic E-state index is 0.00876. The molecule has 20 heavy (non-hydrogen) atoms. The number of hydrogen-bond donors (Lipinski definition) is 1. The van der Waals surface area contributed by atoms with Crippen LogP contribution in [-0.4, -0.2) is 22.7 Å². The average molecular weight is 273 g/mol. The molecule has 2 rings (SSSR count). The molecule has 4 nitrogen and oxygen atoms in total. The zero-order chi connectivity index (χ0) is 14.8. The van der Waals surface area contributed by atoms with Gasteiger partial charge in [-0.3, -0.25) is 0 Å². The first-order valence-corrected chi connectivity index (χ1v) is 6.63. The van der Waals surface area contributed by atoms with Crippen LogP contribution in [0.3, 0.4) is 0 Å². The van der Waals surface area contributed by atoms with E-state index in [1.807, 2.05) is 18.2 Å². The summed E-state index contributed by atoms with van der Waals surface area (Å²) in [5.74, 6) is -0.464. The Labute approximate surface area is 118 Å². The number of hydrogen-bond acceptors (Lipinski definition) is 3. The fourth-order valence-electron chi connectivity index (χ4n) is 1.84. The second-order valence-electron chi connectivity index (χ2n) is 5.99. The number of rotatable bonds is 4. The summed E-state index contributed by atoms with van der Waals surface area (Å²) in [6.45, 7) is 6.98. The smallest absolute Gasteiger partial charge is 0.354 e. The summed E-state index contributed by atoms with van der Waals surface area (Å²) >= 11 is 0. The van der Waals surface area contributed by atoms with E-state index in [0.29, 0.717) is 17.9 Å². The molecule has 0 radical (unpaired) electrons. The summed E-state index contributed by atoms with van der Waals surface area (Å²) in [5.41, 5.74) is 0.825. The Balaban J connectivity index is 2.32. The Kier molecular flexibility index (Phi) is 3.93. The van der Waals surface area contributed by atoms with Crippen LogP contribution in [0.5, 0.6) is 5.75 Å². The van der Waals surface area contributed by atoms with Gasteiger partial charge < -0.3 is 9.84 Å². The molecule has 0 saturated carbocycles. The Hall–Kier alpha value is -2.10. The van der Waals surface area contributed by atoms with E-state index in [9.17, 15) is 4.79 Å². The highest BCUT2D eigenvalue weighted by atomic mass is 16.5. The zero-order valence-electron chi connectivity index (χ0n) is 12.0. The van der Waals surface area contributed by atoms with Gasteiger partial charge >= 0.3 is 5.97 Å². The fraction of sp³-hybridized carbons (Fsp3) is 0.375. The molecule has 0 atom stereocenters. The Morgan fingerprint density at radius 2 is 2.00 bits per heavy atom. The molecule has 2 aromatic rings. The van der Waals surface area contributed by atoms with Gasteiger partial charge in [0, 0.05) is 11.5 Å². The number of carbonyl (C=O) groups is 1. The van der Waals surface area contributed by atoms with Crippen molar-refractivity contribution in [2.75, 3.05) is 6.61 Å². The number of para-hydroxylation sites is 1.